The molecule has 0 radical (unpaired) electrons. The first-order valence-electron chi connectivity index (χ1n) is 5.59. The molecule has 11 heteroatoms. The normalized spacial score (nSPS) is 18.2. The Balaban J connectivity index is 2.56. The largest absolute Gasteiger partial charge is 0.746 e. The molecule has 1 aromatic carbocycles. The first kappa shape index (κ1) is 15.0. The van der Waals surface area contributed by atoms with Crippen LogP contribution in [0, 0.1) is 0 Å². The molecule has 0 saturated carbocycles. The van der Waals surface area contributed by atoms with Gasteiger partial charge in [-0.2, -0.15) is 0 Å². The molecular formula is C10H11N4O6S-. The van der Waals surface area contributed by atoms with Crippen LogP contribution in [0.1, 0.15) is 5.56 Å². The third-order valence-corrected chi connectivity index (χ3v) is 4.26. The van der Waals surface area contributed by atoms with E-state index in [1.54, 1.807) is 0 Å². The summed E-state index contributed by atoms with van der Waals surface area (Å²) in [6.45, 7) is 0. The number of anilines is 1. The molecule has 0 bridgehead atoms. The number of urea groups is 1. The molecular weight excluding hydrogens is 304 g/mol. The third-order valence-electron chi connectivity index (χ3n) is 3.11. The first-order chi connectivity index (χ1) is 9.62. The molecule has 2 amide bonds. The van der Waals surface area contributed by atoms with Crippen molar-refractivity contribution in [2.75, 3.05) is 11.9 Å². The van der Waals surface area contributed by atoms with Crippen LogP contribution >= 0.6 is 0 Å². The number of phenolic OH excluding ortho intramolecular Hbond substituents is 2. The average Bonchev–Trinajstić information content (AvgIpc) is 2.66. The van der Waals surface area contributed by atoms with Crippen molar-refractivity contribution in [2.45, 2.75) is 11.8 Å². The van der Waals surface area contributed by atoms with Gasteiger partial charge in [-0.3, -0.25) is 0 Å². The summed E-state index contributed by atoms with van der Waals surface area (Å²) >= 11 is 0. The minimum atomic E-state index is -4.63. The van der Waals surface area contributed by atoms with Crippen LogP contribution in [-0.2, 0) is 16.5 Å². The maximum atomic E-state index is 11.2. The third kappa shape index (κ3) is 2.60. The van der Waals surface area contributed by atoms with Gasteiger partial charge < -0.3 is 25.4 Å². The van der Waals surface area contributed by atoms with Gasteiger partial charge in [0.2, 0.25) is 0 Å². The molecule has 1 atom stereocenters. The highest BCUT2D eigenvalue weighted by Gasteiger charge is 2.35. The summed E-state index contributed by atoms with van der Waals surface area (Å²) < 4.78 is 33.5. The number of fused-ring (bicyclic) bond motifs is 1. The highest BCUT2D eigenvalue weighted by molar-refractivity contribution is 7.86. The topological polar surface area (TPSA) is 169 Å². The van der Waals surface area contributed by atoms with Gasteiger partial charge in [0.05, 0.1) is 0 Å². The van der Waals surface area contributed by atoms with Gasteiger partial charge in [-0.05, 0) is 0 Å². The van der Waals surface area contributed by atoms with Crippen LogP contribution in [0.25, 0.3) is 0 Å². The number of rotatable bonds is 2. The van der Waals surface area contributed by atoms with Gasteiger partial charge >= 0.3 is 6.03 Å². The van der Waals surface area contributed by atoms with Crippen molar-refractivity contribution in [1.29, 1.82) is 0 Å². The Bertz CT molecular complexity index is 744. The molecule has 4 N–H and O–H groups in total. The number of phenols is 2. The number of aromatic hydroxyl groups is 2. The molecule has 1 unspecified atom stereocenters. The molecule has 1 aliphatic rings. The maximum Gasteiger partial charge on any atom is 0.356 e. The molecule has 1 heterocycles. The fourth-order valence-corrected chi connectivity index (χ4v) is 3.02. The number of hydrogen-bond acceptors (Lipinski definition) is 8. The van der Waals surface area contributed by atoms with E-state index in [0.29, 0.717) is 0 Å². The van der Waals surface area contributed by atoms with Crippen LogP contribution in [0.2, 0.25) is 0 Å². The summed E-state index contributed by atoms with van der Waals surface area (Å²) in [4.78, 5) is 11.7. The Morgan fingerprint density at radius 1 is 1.52 bits per heavy atom. The lowest BCUT2D eigenvalue weighted by Crippen LogP contribution is -2.35. The molecule has 0 fully saturated rings. The Labute approximate surface area is 119 Å². The summed E-state index contributed by atoms with van der Waals surface area (Å²) in [5.74, 6) is -1.10. The van der Waals surface area contributed by atoms with E-state index in [9.17, 15) is 28.0 Å². The van der Waals surface area contributed by atoms with E-state index in [-0.39, 0.29) is 17.7 Å². The standard InChI is InChI=1S/C10H12N4O6S/c1-14-5-3-6(15)8(12-13-10(11)17)9(16)4(5)2-7(14)21(18,19)20/h3,7,15-16H,2H2,1H3,(H2,11,17)(H,18,19,20)/p-1. The number of carbonyl (C=O) groups is 1. The second kappa shape index (κ2) is 4.86. The monoisotopic (exact) mass is 315 g/mol. The van der Waals surface area contributed by atoms with Gasteiger partial charge in [0.25, 0.3) is 0 Å². The van der Waals surface area contributed by atoms with Crippen LogP contribution in [0.15, 0.2) is 16.3 Å². The van der Waals surface area contributed by atoms with Gasteiger partial charge in [-0.15, -0.1) is 5.11 Å². The summed E-state index contributed by atoms with van der Waals surface area (Å²) in [6.07, 6.45) is -0.275. The smallest absolute Gasteiger partial charge is 0.356 e. The minimum Gasteiger partial charge on any atom is -0.746 e. The van der Waals surface area contributed by atoms with Crippen LogP contribution < -0.4 is 10.6 Å². The van der Waals surface area contributed by atoms with Crippen LogP contribution in [0.4, 0.5) is 16.2 Å². The van der Waals surface area contributed by atoms with Crippen LogP contribution in [0.3, 0.4) is 0 Å². The molecule has 114 valence electrons. The number of primary amides is 1. The Kier molecular flexibility index (Phi) is 3.47. The minimum absolute atomic E-state index is 0.109. The van der Waals surface area contributed by atoms with E-state index in [1.165, 1.54) is 7.05 Å². The van der Waals surface area contributed by atoms with Crippen LogP contribution in [0.5, 0.6) is 11.5 Å². The van der Waals surface area contributed by atoms with E-state index in [0.717, 1.165) is 11.0 Å². The van der Waals surface area contributed by atoms with E-state index >= 15 is 0 Å². The van der Waals surface area contributed by atoms with Gasteiger partial charge in [0.1, 0.15) is 21.2 Å². The van der Waals surface area contributed by atoms with Crippen molar-refractivity contribution in [3.8, 4) is 11.5 Å². The summed E-state index contributed by atoms with van der Waals surface area (Å²) in [6, 6.07) is -0.0123. The molecule has 0 spiro atoms. The first-order valence-corrected chi connectivity index (χ1v) is 7.06. The zero-order valence-electron chi connectivity index (χ0n) is 10.7. The Hall–Kier alpha value is -2.40. The summed E-state index contributed by atoms with van der Waals surface area (Å²) in [5.41, 5.74) is 4.62. The SMILES string of the molecule is CN1c2cc(O)c(N=NC(N)=O)c(O)c2CC1S(=O)(=O)[O-]. The van der Waals surface area contributed by atoms with E-state index in [2.05, 4.69) is 10.2 Å². The number of azo groups is 1. The highest BCUT2D eigenvalue weighted by Crippen LogP contribution is 2.48. The number of nitrogens with two attached hydrogens (primary N) is 1. The zero-order chi connectivity index (χ0) is 15.9. The van der Waals surface area contributed by atoms with Gasteiger partial charge in [-0.1, -0.05) is 5.11 Å². The molecule has 0 saturated heterocycles. The van der Waals surface area contributed by atoms with Crippen molar-refractivity contribution in [3.63, 3.8) is 0 Å². The number of amides is 2. The molecule has 0 aromatic heterocycles. The molecule has 21 heavy (non-hydrogen) atoms. The van der Waals surface area contributed by atoms with E-state index < -0.39 is 38.7 Å². The Morgan fingerprint density at radius 3 is 2.67 bits per heavy atom. The lowest BCUT2D eigenvalue weighted by molar-refractivity contribution is 0.255. The predicted octanol–water partition coefficient (Wildman–Crippen LogP) is 0.124. The molecule has 1 aliphatic heterocycles. The lowest BCUT2D eigenvalue weighted by atomic mass is 10.1. The molecule has 1 aromatic rings. The van der Waals surface area contributed by atoms with Crippen molar-refractivity contribution in [2.24, 2.45) is 16.0 Å². The fourth-order valence-electron chi connectivity index (χ4n) is 2.15. The number of carbonyl (C=O) groups excluding carboxylic acids is 1. The zero-order valence-corrected chi connectivity index (χ0v) is 11.5. The van der Waals surface area contributed by atoms with E-state index in [4.69, 9.17) is 5.73 Å². The van der Waals surface area contributed by atoms with Crippen LogP contribution in [-0.4, -0.2) is 41.6 Å². The predicted molar refractivity (Wildman–Crippen MR) is 69.5 cm³/mol. The van der Waals surface area contributed by atoms with Crippen molar-refractivity contribution < 1.29 is 28.0 Å². The number of nitrogens with zero attached hydrogens (tertiary/aromatic N) is 3. The number of likely N-dealkylation sites (N-methyl/N-ethyl adjacent to an activating group) is 1. The Morgan fingerprint density at radius 2 is 2.14 bits per heavy atom. The second-order valence-electron chi connectivity index (χ2n) is 4.39. The quantitative estimate of drug-likeness (QED) is 0.514. The summed E-state index contributed by atoms with van der Waals surface area (Å²) in [7, 11) is -3.29. The lowest BCUT2D eigenvalue weighted by Gasteiger charge is -2.24. The van der Waals surface area contributed by atoms with Crippen molar-refractivity contribution >= 4 is 27.5 Å². The molecule has 0 aliphatic carbocycles. The van der Waals surface area contributed by atoms with Gasteiger partial charge in [-0.25, -0.2) is 13.2 Å². The maximum absolute atomic E-state index is 11.2. The summed E-state index contributed by atoms with van der Waals surface area (Å²) in [5, 5.41) is 24.6. The molecule has 2 rings (SSSR count). The fraction of sp³-hybridized carbons (Fsp3) is 0.300. The average molecular weight is 315 g/mol. The van der Waals surface area contributed by atoms with Gasteiger partial charge in [0, 0.05) is 30.8 Å². The van der Waals surface area contributed by atoms with Crippen molar-refractivity contribution in [3.05, 3.63) is 11.6 Å². The van der Waals surface area contributed by atoms with Crippen molar-refractivity contribution in [1.82, 2.24) is 0 Å². The number of hydrogen-bond donors (Lipinski definition) is 3. The second-order valence-corrected chi connectivity index (χ2v) is 5.92. The van der Waals surface area contributed by atoms with Gasteiger partial charge in [0.15, 0.2) is 11.4 Å². The highest BCUT2D eigenvalue weighted by atomic mass is 32.2. The molecule has 10 nitrogen and oxygen atoms in total. The van der Waals surface area contributed by atoms with E-state index in [1.807, 2.05) is 0 Å². The number of benzene rings is 1.